The second-order valence-electron chi connectivity index (χ2n) is 5.99. The molecule has 21 heavy (non-hydrogen) atoms. The van der Waals surface area contributed by atoms with Gasteiger partial charge >= 0.3 is 0 Å². The summed E-state index contributed by atoms with van der Waals surface area (Å²) >= 11 is 0. The number of amides is 1. The van der Waals surface area contributed by atoms with Crippen molar-refractivity contribution in [3.8, 4) is 5.75 Å². The molecule has 1 amide bonds. The zero-order valence-corrected chi connectivity index (χ0v) is 13.5. The lowest BCUT2D eigenvalue weighted by Gasteiger charge is -2.28. The Morgan fingerprint density at radius 2 is 1.67 bits per heavy atom. The van der Waals surface area contributed by atoms with Crippen LogP contribution in [0.2, 0.25) is 0 Å². The highest BCUT2D eigenvalue weighted by atomic mass is 19.1. The molecule has 0 saturated heterocycles. The second-order valence-corrected chi connectivity index (χ2v) is 5.99. The normalized spacial score (nSPS) is 12.8. The van der Waals surface area contributed by atoms with Crippen LogP contribution in [0.4, 0.5) is 4.39 Å². The van der Waals surface area contributed by atoms with Crippen molar-refractivity contribution in [2.45, 2.75) is 53.2 Å². The SMILES string of the molecule is CC[C@@H](Oc1ccc(F)cc1)C(=O)NC(C(C)C)C(C)C. The first kappa shape index (κ1) is 17.5. The highest BCUT2D eigenvalue weighted by Crippen LogP contribution is 2.16. The molecule has 1 N–H and O–H groups in total. The molecule has 0 saturated carbocycles. The summed E-state index contributed by atoms with van der Waals surface area (Å²) in [4.78, 5) is 12.4. The van der Waals surface area contributed by atoms with Crippen molar-refractivity contribution in [1.29, 1.82) is 0 Å². The molecular weight excluding hydrogens is 269 g/mol. The largest absolute Gasteiger partial charge is 0.481 e. The van der Waals surface area contributed by atoms with Crippen LogP contribution in [-0.4, -0.2) is 18.1 Å². The van der Waals surface area contributed by atoms with Gasteiger partial charge in [0.2, 0.25) is 0 Å². The smallest absolute Gasteiger partial charge is 0.261 e. The van der Waals surface area contributed by atoms with Crippen LogP contribution in [0, 0.1) is 17.7 Å². The zero-order valence-electron chi connectivity index (χ0n) is 13.5. The molecule has 0 fully saturated rings. The Morgan fingerprint density at radius 3 is 2.10 bits per heavy atom. The van der Waals surface area contributed by atoms with E-state index in [0.29, 0.717) is 24.0 Å². The molecule has 1 aromatic carbocycles. The number of carbonyl (C=O) groups is 1. The summed E-state index contributed by atoms with van der Waals surface area (Å²) in [5, 5.41) is 3.06. The lowest BCUT2D eigenvalue weighted by Crippen LogP contribution is -2.48. The lowest BCUT2D eigenvalue weighted by molar-refractivity contribution is -0.129. The van der Waals surface area contributed by atoms with Crippen LogP contribution in [0.25, 0.3) is 0 Å². The summed E-state index contributed by atoms with van der Waals surface area (Å²) in [5.41, 5.74) is 0. The van der Waals surface area contributed by atoms with E-state index in [1.807, 2.05) is 6.92 Å². The van der Waals surface area contributed by atoms with Crippen LogP contribution in [0.3, 0.4) is 0 Å². The fraction of sp³-hybridized carbons (Fsp3) is 0.588. The Labute approximate surface area is 126 Å². The van der Waals surface area contributed by atoms with Gasteiger partial charge in [-0.2, -0.15) is 0 Å². The topological polar surface area (TPSA) is 38.3 Å². The molecule has 118 valence electrons. The van der Waals surface area contributed by atoms with Crippen molar-refractivity contribution in [2.24, 2.45) is 11.8 Å². The van der Waals surface area contributed by atoms with Crippen molar-refractivity contribution in [3.05, 3.63) is 30.1 Å². The summed E-state index contributed by atoms with van der Waals surface area (Å²) in [6.45, 7) is 10.3. The van der Waals surface area contributed by atoms with Gasteiger partial charge in [-0.15, -0.1) is 0 Å². The maximum atomic E-state index is 12.9. The van der Waals surface area contributed by atoms with Crippen molar-refractivity contribution >= 4 is 5.91 Å². The summed E-state index contributed by atoms with van der Waals surface area (Å²) in [6.07, 6.45) is 0.00187. The summed E-state index contributed by atoms with van der Waals surface area (Å²) in [5.74, 6) is 0.785. The first-order chi connectivity index (χ1) is 9.85. The van der Waals surface area contributed by atoms with Gasteiger partial charge in [0.25, 0.3) is 5.91 Å². The molecule has 0 spiro atoms. The zero-order chi connectivity index (χ0) is 16.0. The van der Waals surface area contributed by atoms with Gasteiger partial charge in [-0.3, -0.25) is 4.79 Å². The number of nitrogens with one attached hydrogen (secondary N) is 1. The third kappa shape index (κ3) is 5.37. The van der Waals surface area contributed by atoms with E-state index in [9.17, 15) is 9.18 Å². The van der Waals surface area contributed by atoms with Crippen LogP contribution in [-0.2, 0) is 4.79 Å². The van der Waals surface area contributed by atoms with Crippen molar-refractivity contribution in [1.82, 2.24) is 5.32 Å². The van der Waals surface area contributed by atoms with Crippen molar-refractivity contribution in [2.75, 3.05) is 0 Å². The molecule has 0 aliphatic heterocycles. The van der Waals surface area contributed by atoms with Crippen LogP contribution in [0.15, 0.2) is 24.3 Å². The standard InChI is InChI=1S/C17H26FNO2/c1-6-15(21-14-9-7-13(18)8-10-14)17(20)19-16(11(2)3)12(4)5/h7-12,15-16H,6H2,1-5H3,(H,19,20)/t15-/m1/s1. The third-order valence-electron chi connectivity index (χ3n) is 3.50. The molecule has 0 bridgehead atoms. The summed E-state index contributed by atoms with van der Waals surface area (Å²) in [6, 6.07) is 5.83. The molecule has 3 nitrogen and oxygen atoms in total. The summed E-state index contributed by atoms with van der Waals surface area (Å²) < 4.78 is 18.5. The van der Waals surface area contributed by atoms with Gasteiger partial charge in [0.1, 0.15) is 11.6 Å². The highest BCUT2D eigenvalue weighted by molar-refractivity contribution is 5.81. The lowest BCUT2D eigenvalue weighted by atomic mass is 9.93. The Kier molecular flexibility index (Phi) is 6.66. The molecular formula is C17H26FNO2. The van der Waals surface area contributed by atoms with Crippen molar-refractivity contribution < 1.29 is 13.9 Å². The molecule has 1 rings (SSSR count). The first-order valence-electron chi connectivity index (χ1n) is 7.57. The number of rotatable bonds is 7. The van der Waals surface area contributed by atoms with Crippen molar-refractivity contribution in [3.63, 3.8) is 0 Å². The molecule has 0 unspecified atom stereocenters. The van der Waals surface area contributed by atoms with Crippen LogP contribution >= 0.6 is 0 Å². The number of ether oxygens (including phenoxy) is 1. The number of hydrogen-bond donors (Lipinski definition) is 1. The third-order valence-corrected chi connectivity index (χ3v) is 3.50. The van der Waals surface area contributed by atoms with Gasteiger partial charge < -0.3 is 10.1 Å². The number of hydrogen-bond acceptors (Lipinski definition) is 2. The van der Waals surface area contributed by atoms with E-state index in [1.165, 1.54) is 24.3 Å². The van der Waals surface area contributed by atoms with Gasteiger partial charge in [-0.05, 0) is 42.5 Å². The van der Waals surface area contributed by atoms with E-state index in [1.54, 1.807) is 0 Å². The molecule has 0 aromatic heterocycles. The molecule has 0 aliphatic rings. The summed E-state index contributed by atoms with van der Waals surface area (Å²) in [7, 11) is 0. The maximum Gasteiger partial charge on any atom is 0.261 e. The average molecular weight is 295 g/mol. The van der Waals surface area contributed by atoms with Gasteiger partial charge in [0.15, 0.2) is 6.10 Å². The quantitative estimate of drug-likeness (QED) is 0.831. The minimum Gasteiger partial charge on any atom is -0.481 e. The number of benzene rings is 1. The number of carbonyl (C=O) groups excluding carboxylic acids is 1. The van der Waals surface area contributed by atoms with Gasteiger partial charge in [0.05, 0.1) is 0 Å². The fourth-order valence-corrected chi connectivity index (χ4v) is 2.36. The molecule has 4 heteroatoms. The van der Waals surface area contributed by atoms with E-state index >= 15 is 0 Å². The van der Waals surface area contributed by atoms with Gasteiger partial charge in [0, 0.05) is 6.04 Å². The predicted molar refractivity (Wildman–Crippen MR) is 82.7 cm³/mol. The monoisotopic (exact) mass is 295 g/mol. The van der Waals surface area contributed by atoms with E-state index < -0.39 is 6.10 Å². The molecule has 0 radical (unpaired) electrons. The maximum absolute atomic E-state index is 12.9. The van der Waals surface area contributed by atoms with Gasteiger partial charge in [-0.25, -0.2) is 4.39 Å². The van der Waals surface area contributed by atoms with E-state index in [0.717, 1.165) is 0 Å². The Bertz CT molecular complexity index is 435. The van der Waals surface area contributed by atoms with Crippen LogP contribution in [0.5, 0.6) is 5.75 Å². The predicted octanol–water partition coefficient (Wildman–Crippen LogP) is 3.78. The van der Waals surface area contributed by atoms with Gasteiger partial charge in [-0.1, -0.05) is 34.6 Å². The van der Waals surface area contributed by atoms with Crippen LogP contribution < -0.4 is 10.1 Å². The number of halogens is 1. The molecule has 1 aromatic rings. The Morgan fingerprint density at radius 1 is 1.14 bits per heavy atom. The molecule has 1 atom stereocenters. The molecule has 0 heterocycles. The van der Waals surface area contributed by atoms with E-state index in [4.69, 9.17) is 4.74 Å². The average Bonchev–Trinajstić information content (AvgIpc) is 2.43. The minimum atomic E-state index is -0.560. The Balaban J connectivity index is 2.70. The van der Waals surface area contributed by atoms with Crippen LogP contribution in [0.1, 0.15) is 41.0 Å². The minimum absolute atomic E-state index is 0.114. The first-order valence-corrected chi connectivity index (χ1v) is 7.57. The fourth-order valence-electron chi connectivity index (χ4n) is 2.36. The Hall–Kier alpha value is -1.58. The highest BCUT2D eigenvalue weighted by Gasteiger charge is 2.25. The second kappa shape index (κ2) is 8.01. The molecule has 0 aliphatic carbocycles. The van der Waals surface area contributed by atoms with E-state index in [2.05, 4.69) is 33.0 Å². The van der Waals surface area contributed by atoms with E-state index in [-0.39, 0.29) is 17.8 Å².